The Labute approximate surface area is 201 Å². The largest absolute Gasteiger partial charge is 0.339 e. The van der Waals surface area contributed by atoms with Gasteiger partial charge in [0.05, 0.1) is 10.9 Å². The van der Waals surface area contributed by atoms with Gasteiger partial charge in [-0.25, -0.2) is 0 Å². The predicted octanol–water partition coefficient (Wildman–Crippen LogP) is 5.74. The monoisotopic (exact) mass is 468 g/mol. The summed E-state index contributed by atoms with van der Waals surface area (Å²) < 4.78 is 0.468. The van der Waals surface area contributed by atoms with E-state index in [-0.39, 0.29) is 17.1 Å². The van der Waals surface area contributed by atoms with Gasteiger partial charge in [-0.15, -0.1) is 0 Å². The summed E-state index contributed by atoms with van der Waals surface area (Å²) in [4.78, 5) is 28.6. The lowest BCUT2D eigenvalue weighted by Gasteiger charge is -2.38. The highest BCUT2D eigenvalue weighted by Gasteiger charge is 2.43. The molecule has 162 valence electrons. The summed E-state index contributed by atoms with van der Waals surface area (Å²) in [5, 5.41) is 4.61. The summed E-state index contributed by atoms with van der Waals surface area (Å²) in [6, 6.07) is 31.6. The summed E-state index contributed by atoms with van der Waals surface area (Å²) in [5.74, 6) is -0.533. The normalized spacial score (nSPS) is 18.4. The Kier molecular flexibility index (Phi) is 5.94. The van der Waals surface area contributed by atoms with E-state index in [1.807, 2.05) is 78.9 Å². The quantitative estimate of drug-likeness (QED) is 0.388. The third-order valence-corrected chi connectivity index (χ3v) is 7.31. The van der Waals surface area contributed by atoms with Crippen LogP contribution in [-0.4, -0.2) is 22.2 Å². The fraction of sp³-hybridized carbons (Fsp3) is 0.0741. The van der Waals surface area contributed by atoms with Gasteiger partial charge >= 0.3 is 0 Å². The lowest BCUT2D eigenvalue weighted by molar-refractivity contribution is -0.119. The van der Waals surface area contributed by atoms with Gasteiger partial charge in [-0.2, -0.15) is 0 Å². The number of thioether (sulfide) groups is 1. The van der Waals surface area contributed by atoms with E-state index >= 15 is 0 Å². The standard InChI is InChI=1S/C27H20N2O2S2/c30-25(20-13-5-2-6-14-20)28-23-24(19-11-3-1-4-12-19)33-27(32)29(26(23)31)22-17-9-15-18-10-7-8-16-21(18)22/h1-17,23-24H,(H,28,30)/t23-,24+/m0/s1. The fourth-order valence-corrected chi connectivity index (χ4v) is 5.69. The number of nitrogens with zero attached hydrogens (tertiary/aromatic N) is 1. The maximum absolute atomic E-state index is 13.9. The van der Waals surface area contributed by atoms with E-state index in [0.29, 0.717) is 9.88 Å². The minimum Gasteiger partial charge on any atom is -0.339 e. The van der Waals surface area contributed by atoms with Gasteiger partial charge in [0.2, 0.25) is 0 Å². The number of fused-ring (bicyclic) bond motifs is 1. The Bertz CT molecular complexity index is 1340. The van der Waals surface area contributed by atoms with Gasteiger partial charge in [0.15, 0.2) is 0 Å². The van der Waals surface area contributed by atoms with Crippen molar-refractivity contribution >= 4 is 56.6 Å². The van der Waals surface area contributed by atoms with Crippen LogP contribution in [0, 0.1) is 0 Å². The molecule has 2 atom stereocenters. The van der Waals surface area contributed by atoms with Crippen LogP contribution in [-0.2, 0) is 4.79 Å². The third kappa shape index (κ3) is 4.15. The second-order valence-electron chi connectivity index (χ2n) is 7.70. The highest BCUT2D eigenvalue weighted by molar-refractivity contribution is 8.23. The van der Waals surface area contributed by atoms with Gasteiger partial charge in [-0.1, -0.05) is 109 Å². The van der Waals surface area contributed by atoms with E-state index in [1.54, 1.807) is 29.2 Å². The summed E-state index contributed by atoms with van der Waals surface area (Å²) in [6.45, 7) is 0. The molecule has 4 aromatic rings. The smallest absolute Gasteiger partial charge is 0.256 e. The predicted molar refractivity (Wildman–Crippen MR) is 139 cm³/mol. The molecule has 4 nitrogen and oxygen atoms in total. The SMILES string of the molecule is O=C(N[C@@H]1C(=O)N(c2cccc3ccccc23)C(=S)S[C@@H]1c1ccccc1)c1ccccc1. The molecule has 5 rings (SSSR count). The molecule has 1 fully saturated rings. The summed E-state index contributed by atoms with van der Waals surface area (Å²) >= 11 is 7.16. The van der Waals surface area contributed by atoms with Crippen molar-refractivity contribution < 1.29 is 9.59 Å². The number of benzene rings is 4. The van der Waals surface area contributed by atoms with Crippen LogP contribution in [0.1, 0.15) is 21.2 Å². The third-order valence-electron chi connectivity index (χ3n) is 5.66. The lowest BCUT2D eigenvalue weighted by Crippen LogP contribution is -2.55. The van der Waals surface area contributed by atoms with Crippen LogP contribution in [0.2, 0.25) is 0 Å². The molecule has 0 spiro atoms. The Balaban J connectivity index is 1.56. The van der Waals surface area contributed by atoms with Gasteiger partial charge in [0, 0.05) is 10.9 Å². The zero-order chi connectivity index (χ0) is 22.8. The second-order valence-corrected chi connectivity index (χ2v) is 9.48. The Morgan fingerprint density at radius 3 is 2.21 bits per heavy atom. The van der Waals surface area contributed by atoms with Crippen LogP contribution in [0.25, 0.3) is 10.8 Å². The van der Waals surface area contributed by atoms with E-state index in [9.17, 15) is 9.59 Å². The molecule has 6 heteroatoms. The summed E-state index contributed by atoms with van der Waals surface area (Å²) in [7, 11) is 0. The molecule has 0 radical (unpaired) electrons. The molecule has 1 aliphatic heterocycles. The molecule has 4 aromatic carbocycles. The molecule has 2 amide bonds. The first kappa shape index (κ1) is 21.4. The average molecular weight is 469 g/mol. The van der Waals surface area contributed by atoms with Crippen molar-refractivity contribution in [1.82, 2.24) is 5.32 Å². The van der Waals surface area contributed by atoms with Gasteiger partial charge < -0.3 is 5.32 Å². The van der Waals surface area contributed by atoms with Gasteiger partial charge in [0.25, 0.3) is 11.8 Å². The Morgan fingerprint density at radius 2 is 1.45 bits per heavy atom. The van der Waals surface area contributed by atoms with Gasteiger partial charge in [-0.3, -0.25) is 14.5 Å². The molecule has 1 N–H and O–H groups in total. The molecule has 0 unspecified atom stereocenters. The van der Waals surface area contributed by atoms with Crippen LogP contribution >= 0.6 is 24.0 Å². The molecular formula is C27H20N2O2S2. The number of amides is 2. The van der Waals surface area contributed by atoms with Gasteiger partial charge in [-0.05, 0) is 29.1 Å². The highest BCUT2D eigenvalue weighted by atomic mass is 32.2. The topological polar surface area (TPSA) is 49.4 Å². The first-order valence-corrected chi connectivity index (χ1v) is 11.9. The Morgan fingerprint density at radius 1 is 0.818 bits per heavy atom. The van der Waals surface area contributed by atoms with Crippen molar-refractivity contribution in [2.75, 3.05) is 4.90 Å². The summed E-state index contributed by atoms with van der Waals surface area (Å²) in [6.07, 6.45) is 0. The number of thiocarbonyl (C=S) groups is 1. The Hall–Kier alpha value is -3.48. The van der Waals surface area contributed by atoms with Crippen LogP contribution in [0.3, 0.4) is 0 Å². The molecule has 0 bridgehead atoms. The van der Waals surface area contributed by atoms with Crippen molar-refractivity contribution in [3.8, 4) is 0 Å². The van der Waals surface area contributed by atoms with Gasteiger partial charge in [0.1, 0.15) is 10.4 Å². The molecule has 0 aromatic heterocycles. The van der Waals surface area contributed by atoms with Crippen molar-refractivity contribution in [3.05, 3.63) is 114 Å². The van der Waals surface area contributed by atoms with Crippen molar-refractivity contribution in [2.45, 2.75) is 11.3 Å². The van der Waals surface area contributed by atoms with Crippen LogP contribution in [0.5, 0.6) is 0 Å². The molecule has 1 heterocycles. The van der Waals surface area contributed by atoms with Crippen molar-refractivity contribution in [3.63, 3.8) is 0 Å². The van der Waals surface area contributed by atoms with E-state index in [1.165, 1.54) is 11.8 Å². The summed E-state index contributed by atoms with van der Waals surface area (Å²) in [5.41, 5.74) is 2.17. The van der Waals surface area contributed by atoms with E-state index in [4.69, 9.17) is 12.2 Å². The maximum atomic E-state index is 13.9. The molecule has 1 saturated heterocycles. The van der Waals surface area contributed by atoms with Crippen molar-refractivity contribution in [1.29, 1.82) is 0 Å². The van der Waals surface area contributed by atoms with Crippen LogP contribution in [0.4, 0.5) is 5.69 Å². The highest BCUT2D eigenvalue weighted by Crippen LogP contribution is 2.42. The molecule has 1 aliphatic rings. The van der Waals surface area contributed by atoms with Crippen molar-refractivity contribution in [2.24, 2.45) is 0 Å². The second kappa shape index (κ2) is 9.17. The lowest BCUT2D eigenvalue weighted by atomic mass is 10.0. The number of anilines is 1. The van der Waals surface area contributed by atoms with E-state index in [2.05, 4.69) is 5.32 Å². The van der Waals surface area contributed by atoms with Crippen LogP contribution < -0.4 is 10.2 Å². The number of carbonyl (C=O) groups excluding carboxylic acids is 2. The number of carbonyl (C=O) groups is 2. The van der Waals surface area contributed by atoms with Crippen LogP contribution in [0.15, 0.2) is 103 Å². The van der Waals surface area contributed by atoms with E-state index < -0.39 is 6.04 Å². The fourth-order valence-electron chi connectivity index (χ4n) is 4.06. The minimum atomic E-state index is -0.782. The minimum absolute atomic E-state index is 0.242. The number of hydrogen-bond acceptors (Lipinski definition) is 4. The molecule has 0 aliphatic carbocycles. The zero-order valence-corrected chi connectivity index (χ0v) is 19.2. The molecule has 33 heavy (non-hydrogen) atoms. The number of nitrogens with one attached hydrogen (secondary N) is 1. The average Bonchev–Trinajstić information content (AvgIpc) is 2.86. The first-order valence-electron chi connectivity index (χ1n) is 10.6. The molecular weight excluding hydrogens is 448 g/mol. The molecule has 0 saturated carbocycles. The van der Waals surface area contributed by atoms with E-state index in [0.717, 1.165) is 22.0 Å². The number of rotatable bonds is 4. The number of hydrogen-bond donors (Lipinski definition) is 1. The first-order chi connectivity index (χ1) is 16.1. The zero-order valence-electron chi connectivity index (χ0n) is 17.5. The maximum Gasteiger partial charge on any atom is 0.256 e.